The van der Waals surface area contributed by atoms with Gasteiger partial charge in [0.25, 0.3) is 0 Å². The number of carbonyl (C=O) groups excluding carboxylic acids is 3. The molecular weight excluding hydrogens is 537 g/mol. The molecule has 12 heteroatoms. The molecule has 0 radical (unpaired) electrons. The van der Waals surface area contributed by atoms with E-state index < -0.39 is 13.2 Å². The number of nitrogens with one attached hydrogen (secondary N) is 2. The standard InChI is InChI=1S/C30H54BN5O6/c1-19(2)16-24(31-41-23-18-20-17-22(29(20,3)4)30(23,5)42-31)36-27(39)21(12-11-15-34-28(32)33)35-25(37)13-9-7-8-10-14-26(38)40-6/h19-24H,7-18H2,1-6H3,(H,35,37)(H,36,39)(H4,32,33,34)/t20-,21-,22-,23+,24-,30-/m0/s1. The van der Waals surface area contributed by atoms with Gasteiger partial charge < -0.3 is 36.1 Å². The van der Waals surface area contributed by atoms with E-state index >= 15 is 0 Å². The molecule has 1 saturated heterocycles. The highest BCUT2D eigenvalue weighted by molar-refractivity contribution is 6.48. The maximum atomic E-state index is 13.7. The van der Waals surface area contributed by atoms with Gasteiger partial charge in [0.15, 0.2) is 5.96 Å². The maximum Gasteiger partial charge on any atom is 0.481 e. The van der Waals surface area contributed by atoms with Crippen molar-refractivity contribution in [3.63, 3.8) is 0 Å². The van der Waals surface area contributed by atoms with Crippen molar-refractivity contribution in [1.82, 2.24) is 10.6 Å². The number of hydrogen-bond acceptors (Lipinski definition) is 7. The van der Waals surface area contributed by atoms with E-state index in [4.69, 9.17) is 20.8 Å². The molecule has 3 saturated carbocycles. The fourth-order valence-electron chi connectivity index (χ4n) is 7.15. The second-order valence-corrected chi connectivity index (χ2v) is 13.6. The molecule has 0 spiro atoms. The van der Waals surface area contributed by atoms with Gasteiger partial charge >= 0.3 is 13.1 Å². The Balaban J connectivity index is 1.60. The summed E-state index contributed by atoms with van der Waals surface area (Å²) in [6.07, 6.45) is 7.52. The van der Waals surface area contributed by atoms with E-state index in [1.165, 1.54) is 7.11 Å². The first-order chi connectivity index (χ1) is 19.8. The first-order valence-electron chi connectivity index (χ1n) is 15.8. The number of amides is 2. The minimum atomic E-state index is -0.730. The van der Waals surface area contributed by atoms with Gasteiger partial charge in [-0.3, -0.25) is 19.4 Å². The average Bonchev–Trinajstić information content (AvgIpc) is 3.28. The number of unbranched alkanes of at least 4 members (excludes halogenated alkanes) is 3. The Bertz CT molecular complexity index is 974. The molecule has 4 fully saturated rings. The van der Waals surface area contributed by atoms with E-state index in [1.807, 2.05) is 0 Å². The molecule has 0 unspecified atom stereocenters. The Labute approximate surface area is 252 Å². The Morgan fingerprint density at radius 2 is 1.71 bits per heavy atom. The van der Waals surface area contributed by atoms with Gasteiger partial charge in [-0.15, -0.1) is 0 Å². The molecular formula is C30H54BN5O6. The summed E-state index contributed by atoms with van der Waals surface area (Å²) in [6, 6.07) is -0.730. The molecule has 2 amide bonds. The van der Waals surface area contributed by atoms with E-state index in [-0.39, 0.29) is 46.8 Å². The van der Waals surface area contributed by atoms with Gasteiger partial charge in [0.1, 0.15) is 6.04 Å². The lowest BCUT2D eigenvalue weighted by Crippen LogP contribution is -2.65. The number of esters is 1. The second-order valence-electron chi connectivity index (χ2n) is 13.6. The molecule has 3 aliphatic carbocycles. The predicted octanol–water partition coefficient (Wildman–Crippen LogP) is 2.84. The van der Waals surface area contributed by atoms with E-state index in [9.17, 15) is 14.4 Å². The van der Waals surface area contributed by atoms with E-state index in [2.05, 4.69) is 55.0 Å². The zero-order valence-corrected chi connectivity index (χ0v) is 26.6. The van der Waals surface area contributed by atoms with E-state index in [1.54, 1.807) is 0 Å². The van der Waals surface area contributed by atoms with Crippen LogP contribution >= 0.6 is 0 Å². The van der Waals surface area contributed by atoms with Crippen LogP contribution in [0.1, 0.15) is 105 Å². The summed E-state index contributed by atoms with van der Waals surface area (Å²) in [7, 11) is 0.842. The summed E-state index contributed by atoms with van der Waals surface area (Å²) in [5, 5.41) is 6.13. The Morgan fingerprint density at radius 3 is 2.33 bits per heavy atom. The van der Waals surface area contributed by atoms with Gasteiger partial charge in [0, 0.05) is 19.4 Å². The van der Waals surface area contributed by atoms with Crippen LogP contribution in [-0.2, 0) is 28.4 Å². The van der Waals surface area contributed by atoms with Crippen LogP contribution in [0, 0.1) is 23.2 Å². The molecule has 4 aliphatic rings. The number of aliphatic imine (C=N–C) groups is 1. The quantitative estimate of drug-likeness (QED) is 0.0659. The van der Waals surface area contributed by atoms with Crippen molar-refractivity contribution in [3.05, 3.63) is 0 Å². The zero-order chi connectivity index (χ0) is 31.1. The summed E-state index contributed by atoms with van der Waals surface area (Å²) in [5.74, 6) is 0.365. The van der Waals surface area contributed by atoms with Crippen LogP contribution in [0.3, 0.4) is 0 Å². The highest BCUT2D eigenvalue weighted by Crippen LogP contribution is 2.65. The van der Waals surface area contributed by atoms with Gasteiger partial charge in [0.2, 0.25) is 11.8 Å². The fraction of sp³-hybridized carbons (Fsp3) is 0.867. The summed E-state index contributed by atoms with van der Waals surface area (Å²) < 4.78 is 17.9. The third-order valence-electron chi connectivity index (χ3n) is 9.71. The number of carbonyl (C=O) groups is 3. The van der Waals surface area contributed by atoms with Crippen LogP contribution in [0.5, 0.6) is 0 Å². The van der Waals surface area contributed by atoms with Crippen LogP contribution in [0.25, 0.3) is 0 Å². The molecule has 6 N–H and O–H groups in total. The summed E-state index contributed by atoms with van der Waals surface area (Å²) in [6.45, 7) is 11.4. The third kappa shape index (κ3) is 8.61. The highest BCUT2D eigenvalue weighted by atomic mass is 16.7. The minimum absolute atomic E-state index is 0.00388. The molecule has 1 heterocycles. The van der Waals surface area contributed by atoms with Crippen LogP contribution in [0.15, 0.2) is 4.99 Å². The monoisotopic (exact) mass is 591 g/mol. The number of nitrogens with two attached hydrogens (primary N) is 2. The topological polar surface area (TPSA) is 167 Å². The average molecular weight is 592 g/mol. The maximum absolute atomic E-state index is 13.7. The molecule has 0 aromatic heterocycles. The van der Waals surface area contributed by atoms with Crippen LogP contribution in [-0.4, -0.2) is 68.2 Å². The molecule has 0 aromatic carbocycles. The van der Waals surface area contributed by atoms with Gasteiger partial charge in [0.05, 0.1) is 24.8 Å². The summed E-state index contributed by atoms with van der Waals surface area (Å²) in [5.41, 5.74) is 10.8. The van der Waals surface area contributed by atoms with Gasteiger partial charge in [-0.25, -0.2) is 0 Å². The predicted molar refractivity (Wildman–Crippen MR) is 163 cm³/mol. The van der Waals surface area contributed by atoms with Gasteiger partial charge in [-0.1, -0.05) is 40.5 Å². The second kappa shape index (κ2) is 14.9. The molecule has 4 rings (SSSR count). The Hall–Kier alpha value is -2.34. The largest absolute Gasteiger partial charge is 0.481 e. The van der Waals surface area contributed by atoms with Crippen LogP contribution in [0.4, 0.5) is 0 Å². The van der Waals surface area contributed by atoms with E-state index in [0.29, 0.717) is 62.8 Å². The van der Waals surface area contributed by atoms with Crippen molar-refractivity contribution in [3.8, 4) is 0 Å². The van der Waals surface area contributed by atoms with Crippen molar-refractivity contribution >= 4 is 30.9 Å². The van der Waals surface area contributed by atoms with Gasteiger partial charge in [-0.2, -0.15) is 0 Å². The Morgan fingerprint density at radius 1 is 1.02 bits per heavy atom. The van der Waals surface area contributed by atoms with Gasteiger partial charge in [-0.05, 0) is 75.0 Å². The molecule has 6 atom stereocenters. The molecule has 1 aliphatic heterocycles. The number of rotatable bonds is 17. The summed E-state index contributed by atoms with van der Waals surface area (Å²) >= 11 is 0. The SMILES string of the molecule is COC(=O)CCCCCCC(=O)N[C@@H](CCCN=C(N)N)C(=O)N[C@@H](CC(C)C)B1O[C@@H]2C[C@@H]3C[C@@H](C3(C)C)[C@]2(C)O1. The van der Waals surface area contributed by atoms with Crippen molar-refractivity contribution in [1.29, 1.82) is 0 Å². The smallest absolute Gasteiger partial charge is 0.469 e. The van der Waals surface area contributed by atoms with Crippen molar-refractivity contribution < 1.29 is 28.4 Å². The minimum Gasteiger partial charge on any atom is -0.469 e. The lowest BCUT2D eigenvalue weighted by molar-refractivity contribution is -0.199. The zero-order valence-electron chi connectivity index (χ0n) is 26.6. The normalized spacial score (nSPS) is 26.9. The molecule has 11 nitrogen and oxygen atoms in total. The first kappa shape index (κ1) is 34.2. The fourth-order valence-corrected chi connectivity index (χ4v) is 7.15. The highest BCUT2D eigenvalue weighted by Gasteiger charge is 2.68. The van der Waals surface area contributed by atoms with Crippen LogP contribution in [0.2, 0.25) is 0 Å². The number of guanidine groups is 1. The van der Waals surface area contributed by atoms with Crippen LogP contribution < -0.4 is 22.1 Å². The number of ether oxygens (including phenoxy) is 1. The Kier molecular flexibility index (Phi) is 12.1. The van der Waals surface area contributed by atoms with Crippen molar-refractivity contribution in [2.45, 2.75) is 129 Å². The molecule has 2 bridgehead atoms. The van der Waals surface area contributed by atoms with Crippen molar-refractivity contribution in [2.24, 2.45) is 39.6 Å². The number of methoxy groups -OCH3 is 1. The number of hydrogen-bond donors (Lipinski definition) is 4. The molecule has 0 aromatic rings. The first-order valence-corrected chi connectivity index (χ1v) is 15.8. The number of nitrogens with zero attached hydrogens (tertiary/aromatic N) is 1. The lowest BCUT2D eigenvalue weighted by atomic mass is 9.43. The third-order valence-corrected chi connectivity index (χ3v) is 9.71. The van der Waals surface area contributed by atoms with E-state index in [0.717, 1.165) is 32.1 Å². The molecule has 238 valence electrons. The molecule has 42 heavy (non-hydrogen) atoms. The summed E-state index contributed by atoms with van der Waals surface area (Å²) in [4.78, 5) is 41.8. The van der Waals surface area contributed by atoms with Crippen molar-refractivity contribution in [2.75, 3.05) is 13.7 Å². The lowest BCUT2D eigenvalue weighted by Gasteiger charge is -2.64.